The van der Waals surface area contributed by atoms with Gasteiger partial charge in [-0.25, -0.2) is 9.79 Å². The largest absolute Gasteiger partial charge is 0.497 e. The number of esters is 1. The highest BCUT2D eigenvalue weighted by Crippen LogP contribution is 2.36. The van der Waals surface area contributed by atoms with E-state index < -0.39 is 5.97 Å². The van der Waals surface area contributed by atoms with E-state index in [0.29, 0.717) is 34.1 Å². The smallest absolute Gasteiger partial charge is 0.363 e. The number of benzene rings is 2. The fourth-order valence-corrected chi connectivity index (χ4v) is 2.60. The molecule has 0 N–H and O–H groups in total. The topological polar surface area (TPSA) is 75.6 Å². The van der Waals surface area contributed by atoms with Crippen LogP contribution < -0.4 is 18.9 Å². The van der Waals surface area contributed by atoms with Crippen molar-refractivity contribution in [3.8, 4) is 23.0 Å². The first-order chi connectivity index (χ1) is 13.1. The van der Waals surface area contributed by atoms with Gasteiger partial charge in [0.05, 0.1) is 28.4 Å². The number of hydrogen-bond acceptors (Lipinski definition) is 7. The minimum Gasteiger partial charge on any atom is -0.497 e. The van der Waals surface area contributed by atoms with Gasteiger partial charge in [-0.1, -0.05) is 6.07 Å². The molecule has 0 atom stereocenters. The Hall–Kier alpha value is -3.48. The molecule has 140 valence electrons. The Bertz CT molecular complexity index is 932. The minimum absolute atomic E-state index is 0.151. The van der Waals surface area contributed by atoms with E-state index in [9.17, 15) is 4.79 Å². The van der Waals surface area contributed by atoms with Gasteiger partial charge >= 0.3 is 5.97 Å². The third-order valence-electron chi connectivity index (χ3n) is 3.97. The number of ether oxygens (including phenoxy) is 5. The molecule has 27 heavy (non-hydrogen) atoms. The summed E-state index contributed by atoms with van der Waals surface area (Å²) in [6.45, 7) is 0. The molecule has 0 radical (unpaired) electrons. The minimum atomic E-state index is -0.551. The van der Waals surface area contributed by atoms with Gasteiger partial charge < -0.3 is 23.7 Å². The molecule has 1 heterocycles. The second-order valence-electron chi connectivity index (χ2n) is 5.52. The molecule has 1 aliphatic heterocycles. The lowest BCUT2D eigenvalue weighted by molar-refractivity contribution is -0.129. The number of rotatable bonds is 6. The van der Waals surface area contributed by atoms with Crippen LogP contribution in [0.2, 0.25) is 0 Å². The second-order valence-corrected chi connectivity index (χ2v) is 5.52. The monoisotopic (exact) mass is 369 g/mol. The fraction of sp³-hybridized carbons (Fsp3) is 0.200. The fourth-order valence-electron chi connectivity index (χ4n) is 2.60. The lowest BCUT2D eigenvalue weighted by Gasteiger charge is -2.12. The third kappa shape index (κ3) is 3.72. The summed E-state index contributed by atoms with van der Waals surface area (Å²) in [6.07, 6.45) is 1.58. The molecule has 0 spiro atoms. The van der Waals surface area contributed by atoms with E-state index in [2.05, 4.69) is 4.99 Å². The molecule has 0 fully saturated rings. The van der Waals surface area contributed by atoms with Gasteiger partial charge in [0.25, 0.3) is 0 Å². The first kappa shape index (κ1) is 18.3. The van der Waals surface area contributed by atoms with E-state index in [0.717, 1.165) is 0 Å². The molecule has 1 aliphatic rings. The van der Waals surface area contributed by atoms with Crippen molar-refractivity contribution in [3.63, 3.8) is 0 Å². The van der Waals surface area contributed by atoms with Crippen molar-refractivity contribution < 1.29 is 28.5 Å². The number of hydrogen-bond donors (Lipinski definition) is 0. The van der Waals surface area contributed by atoms with Gasteiger partial charge in [-0.2, -0.15) is 0 Å². The van der Waals surface area contributed by atoms with Crippen LogP contribution in [0, 0.1) is 0 Å². The Morgan fingerprint density at radius 3 is 2.26 bits per heavy atom. The zero-order chi connectivity index (χ0) is 19.4. The van der Waals surface area contributed by atoms with Gasteiger partial charge in [-0.3, -0.25) is 0 Å². The molecule has 0 aliphatic carbocycles. The zero-order valence-corrected chi connectivity index (χ0v) is 15.4. The summed E-state index contributed by atoms with van der Waals surface area (Å²) in [6, 6.07) is 10.5. The normalized spacial score (nSPS) is 14.6. The van der Waals surface area contributed by atoms with Gasteiger partial charge in [-0.15, -0.1) is 0 Å². The molecule has 0 saturated carbocycles. The Labute approximate surface area is 156 Å². The van der Waals surface area contributed by atoms with Crippen LogP contribution >= 0.6 is 0 Å². The van der Waals surface area contributed by atoms with Crippen LogP contribution in [0.1, 0.15) is 11.1 Å². The summed E-state index contributed by atoms with van der Waals surface area (Å²) >= 11 is 0. The average Bonchev–Trinajstić information content (AvgIpc) is 3.08. The lowest BCUT2D eigenvalue weighted by atomic mass is 10.1. The van der Waals surface area contributed by atoms with E-state index >= 15 is 0 Å². The van der Waals surface area contributed by atoms with Crippen molar-refractivity contribution in [2.75, 3.05) is 28.4 Å². The number of carbonyl (C=O) groups excluding carboxylic acids is 1. The molecule has 0 bridgehead atoms. The maximum atomic E-state index is 12.3. The Morgan fingerprint density at radius 2 is 1.59 bits per heavy atom. The van der Waals surface area contributed by atoms with Crippen molar-refractivity contribution in [2.45, 2.75) is 0 Å². The first-order valence-electron chi connectivity index (χ1n) is 8.06. The third-order valence-corrected chi connectivity index (χ3v) is 3.97. The number of nitrogens with zero attached hydrogens (tertiary/aromatic N) is 1. The van der Waals surface area contributed by atoms with Crippen molar-refractivity contribution in [2.24, 2.45) is 4.99 Å². The molecule has 0 unspecified atom stereocenters. The lowest BCUT2D eigenvalue weighted by Crippen LogP contribution is -2.05. The summed E-state index contributed by atoms with van der Waals surface area (Å²) < 4.78 is 26.4. The van der Waals surface area contributed by atoms with Crippen LogP contribution in [-0.4, -0.2) is 40.3 Å². The highest BCUT2D eigenvalue weighted by molar-refractivity contribution is 6.13. The maximum Gasteiger partial charge on any atom is 0.363 e. The molecular weight excluding hydrogens is 350 g/mol. The highest BCUT2D eigenvalue weighted by atomic mass is 16.6. The van der Waals surface area contributed by atoms with Crippen LogP contribution in [0.25, 0.3) is 6.08 Å². The van der Waals surface area contributed by atoms with Gasteiger partial charge in [0, 0.05) is 17.2 Å². The predicted molar refractivity (Wildman–Crippen MR) is 99.7 cm³/mol. The van der Waals surface area contributed by atoms with Crippen LogP contribution in [0.15, 0.2) is 47.1 Å². The van der Waals surface area contributed by atoms with Crippen LogP contribution in [0.4, 0.5) is 0 Å². The van der Waals surface area contributed by atoms with Crippen molar-refractivity contribution >= 4 is 17.9 Å². The zero-order valence-electron chi connectivity index (χ0n) is 15.4. The summed E-state index contributed by atoms with van der Waals surface area (Å²) in [5.74, 6) is 1.84. The Kier molecular flexibility index (Phi) is 5.30. The molecule has 0 aromatic heterocycles. The summed E-state index contributed by atoms with van der Waals surface area (Å²) in [4.78, 5) is 16.6. The van der Waals surface area contributed by atoms with Crippen molar-refractivity contribution in [1.82, 2.24) is 0 Å². The highest BCUT2D eigenvalue weighted by Gasteiger charge is 2.25. The van der Waals surface area contributed by atoms with E-state index in [1.54, 1.807) is 49.6 Å². The van der Waals surface area contributed by atoms with Gasteiger partial charge in [-0.05, 0) is 30.3 Å². The summed E-state index contributed by atoms with van der Waals surface area (Å²) in [5.41, 5.74) is 1.40. The molecule has 7 nitrogen and oxygen atoms in total. The van der Waals surface area contributed by atoms with Crippen LogP contribution in [-0.2, 0) is 9.53 Å². The van der Waals surface area contributed by atoms with Crippen LogP contribution in [0.3, 0.4) is 0 Å². The quantitative estimate of drug-likeness (QED) is 0.575. The molecule has 3 rings (SSSR count). The predicted octanol–water partition coefficient (Wildman–Crippen LogP) is 3.07. The summed E-state index contributed by atoms with van der Waals surface area (Å²) in [5, 5.41) is 0. The molecule has 0 saturated heterocycles. The number of methoxy groups -OCH3 is 4. The van der Waals surface area contributed by atoms with E-state index in [1.807, 2.05) is 0 Å². The Morgan fingerprint density at radius 1 is 0.889 bits per heavy atom. The van der Waals surface area contributed by atoms with Gasteiger partial charge in [0.2, 0.25) is 5.90 Å². The first-order valence-corrected chi connectivity index (χ1v) is 8.06. The van der Waals surface area contributed by atoms with Crippen molar-refractivity contribution in [1.29, 1.82) is 0 Å². The van der Waals surface area contributed by atoms with Crippen molar-refractivity contribution in [3.05, 3.63) is 53.2 Å². The second kappa shape index (κ2) is 7.82. The van der Waals surface area contributed by atoms with Gasteiger partial charge in [0.15, 0.2) is 17.2 Å². The SMILES string of the molecule is COc1cccc(C2=NC(=Cc3cc(OC)c(OC)cc3OC)C(=O)O2)c1. The Balaban J connectivity index is 2.01. The van der Waals surface area contributed by atoms with Gasteiger partial charge in [0.1, 0.15) is 11.5 Å². The molecule has 0 amide bonds. The number of carbonyl (C=O) groups is 1. The standard InChI is InChI=1S/C20H19NO6/c1-23-14-7-5-6-12(8-14)19-21-15(20(22)27-19)9-13-10-17(25-3)18(26-4)11-16(13)24-2/h5-11H,1-4H3. The molecular formula is C20H19NO6. The molecule has 7 heteroatoms. The molecule has 2 aromatic carbocycles. The molecule has 2 aromatic rings. The average molecular weight is 369 g/mol. The van der Waals surface area contributed by atoms with Crippen LogP contribution in [0.5, 0.6) is 23.0 Å². The number of cyclic esters (lactones) is 1. The number of aliphatic imine (C=N–C) groups is 1. The summed E-state index contributed by atoms with van der Waals surface area (Å²) in [7, 11) is 6.16. The van der Waals surface area contributed by atoms with E-state index in [1.165, 1.54) is 21.3 Å². The maximum absolute atomic E-state index is 12.3. The van der Waals surface area contributed by atoms with E-state index in [-0.39, 0.29) is 11.6 Å². The van der Waals surface area contributed by atoms with E-state index in [4.69, 9.17) is 23.7 Å².